The Balaban J connectivity index is 2.11. The topological polar surface area (TPSA) is 49.8 Å². The van der Waals surface area contributed by atoms with E-state index in [9.17, 15) is 0 Å². The molecule has 1 unspecified atom stereocenters. The van der Waals surface area contributed by atoms with Crippen molar-refractivity contribution >= 4 is 11.6 Å². The molecule has 1 saturated carbocycles. The second kappa shape index (κ2) is 6.22. The summed E-state index contributed by atoms with van der Waals surface area (Å²) in [5.74, 6) is 3.50. The van der Waals surface area contributed by atoms with Crippen LogP contribution in [0, 0.1) is 19.8 Å². The molecule has 0 radical (unpaired) electrons. The van der Waals surface area contributed by atoms with E-state index in [2.05, 4.69) is 34.4 Å². The molecule has 4 heteroatoms. The Hall–Kier alpha value is -1.32. The lowest BCUT2D eigenvalue weighted by atomic mass is 9.84. The van der Waals surface area contributed by atoms with Crippen LogP contribution < -0.4 is 10.6 Å². The van der Waals surface area contributed by atoms with Gasteiger partial charge in [0.25, 0.3) is 0 Å². The number of aromatic nitrogens is 2. The zero-order valence-corrected chi connectivity index (χ0v) is 12.6. The van der Waals surface area contributed by atoms with E-state index in [0.717, 1.165) is 28.9 Å². The molecule has 0 spiro atoms. The lowest BCUT2D eigenvalue weighted by molar-refractivity contribution is 0.328. The first-order valence-electron chi connectivity index (χ1n) is 7.41. The van der Waals surface area contributed by atoms with E-state index >= 15 is 0 Å². The van der Waals surface area contributed by atoms with Crippen molar-refractivity contribution in [3.63, 3.8) is 0 Å². The summed E-state index contributed by atoms with van der Waals surface area (Å²) in [6, 6.07) is 0.484. The third-order valence-electron chi connectivity index (χ3n) is 4.22. The van der Waals surface area contributed by atoms with Crippen LogP contribution in [0.15, 0.2) is 0 Å². The minimum Gasteiger partial charge on any atom is -0.373 e. The van der Waals surface area contributed by atoms with Crippen LogP contribution in [0.25, 0.3) is 0 Å². The van der Waals surface area contributed by atoms with Crippen LogP contribution in [0.1, 0.15) is 50.4 Å². The summed E-state index contributed by atoms with van der Waals surface area (Å²) in [6.07, 6.45) is 6.84. The Labute approximate surface area is 116 Å². The Morgan fingerprint density at radius 2 is 1.68 bits per heavy atom. The van der Waals surface area contributed by atoms with Crippen molar-refractivity contribution in [2.45, 2.75) is 58.9 Å². The van der Waals surface area contributed by atoms with Gasteiger partial charge in [-0.25, -0.2) is 9.97 Å². The highest BCUT2D eigenvalue weighted by Gasteiger charge is 2.21. The number of anilines is 2. The molecule has 1 aromatic rings. The van der Waals surface area contributed by atoms with Crippen LogP contribution in [0.5, 0.6) is 0 Å². The van der Waals surface area contributed by atoms with Gasteiger partial charge in [0, 0.05) is 18.7 Å². The van der Waals surface area contributed by atoms with Gasteiger partial charge in [-0.3, -0.25) is 0 Å². The fourth-order valence-electron chi connectivity index (χ4n) is 2.98. The number of nitrogens with zero attached hydrogens (tertiary/aromatic N) is 2. The van der Waals surface area contributed by atoms with Gasteiger partial charge >= 0.3 is 0 Å². The van der Waals surface area contributed by atoms with Gasteiger partial charge in [0.05, 0.1) is 0 Å². The maximum atomic E-state index is 4.55. The molecule has 0 saturated heterocycles. The molecule has 0 bridgehead atoms. The number of hydrogen-bond donors (Lipinski definition) is 2. The molecule has 1 heterocycles. The average molecular weight is 262 g/mol. The molecule has 4 nitrogen and oxygen atoms in total. The van der Waals surface area contributed by atoms with Crippen LogP contribution in [0.4, 0.5) is 11.6 Å². The predicted molar refractivity (Wildman–Crippen MR) is 80.7 cm³/mol. The van der Waals surface area contributed by atoms with E-state index in [4.69, 9.17) is 0 Å². The highest BCUT2D eigenvalue weighted by atomic mass is 15.1. The molecule has 106 valence electrons. The summed E-state index contributed by atoms with van der Waals surface area (Å²) in [7, 11) is 1.91. The SMILES string of the molecule is CNc1nc(C)nc(NC(C)C2CCCCC2)c1C. The number of aryl methyl sites for hydroxylation is 1. The lowest BCUT2D eigenvalue weighted by Crippen LogP contribution is -2.28. The first-order chi connectivity index (χ1) is 9.11. The van der Waals surface area contributed by atoms with Crippen LogP contribution in [0.2, 0.25) is 0 Å². The largest absolute Gasteiger partial charge is 0.373 e. The molecule has 19 heavy (non-hydrogen) atoms. The van der Waals surface area contributed by atoms with Crippen LogP contribution in [-0.4, -0.2) is 23.1 Å². The zero-order valence-electron chi connectivity index (χ0n) is 12.6. The van der Waals surface area contributed by atoms with Gasteiger partial charge in [0.15, 0.2) is 0 Å². The second-order valence-corrected chi connectivity index (χ2v) is 5.67. The first-order valence-corrected chi connectivity index (χ1v) is 7.41. The minimum absolute atomic E-state index is 0.484. The van der Waals surface area contributed by atoms with Gasteiger partial charge < -0.3 is 10.6 Å². The van der Waals surface area contributed by atoms with E-state index in [1.54, 1.807) is 0 Å². The molecular weight excluding hydrogens is 236 g/mol. The van der Waals surface area contributed by atoms with Gasteiger partial charge in [-0.2, -0.15) is 0 Å². The van der Waals surface area contributed by atoms with Crippen LogP contribution in [-0.2, 0) is 0 Å². The van der Waals surface area contributed by atoms with Crippen molar-refractivity contribution in [3.05, 3.63) is 11.4 Å². The molecule has 1 aliphatic rings. The Morgan fingerprint density at radius 1 is 1.05 bits per heavy atom. The maximum absolute atomic E-state index is 4.55. The lowest BCUT2D eigenvalue weighted by Gasteiger charge is -2.29. The van der Waals surface area contributed by atoms with E-state index in [-0.39, 0.29) is 0 Å². The average Bonchev–Trinajstić information content (AvgIpc) is 2.43. The first kappa shape index (κ1) is 14.1. The highest BCUT2D eigenvalue weighted by molar-refractivity contribution is 5.57. The molecule has 1 fully saturated rings. The summed E-state index contributed by atoms with van der Waals surface area (Å²) in [5, 5.41) is 6.74. The third kappa shape index (κ3) is 3.37. The Morgan fingerprint density at radius 3 is 2.32 bits per heavy atom. The monoisotopic (exact) mass is 262 g/mol. The molecule has 1 aromatic heterocycles. The summed E-state index contributed by atoms with van der Waals surface area (Å²) in [6.45, 7) is 6.30. The standard InChI is InChI=1S/C15H26N4/c1-10-14(16-4)18-12(3)19-15(10)17-11(2)13-8-6-5-7-9-13/h11,13H,5-9H2,1-4H3,(H2,16,17,18,19). The fraction of sp³-hybridized carbons (Fsp3) is 0.733. The quantitative estimate of drug-likeness (QED) is 0.871. The van der Waals surface area contributed by atoms with Crippen molar-refractivity contribution in [2.24, 2.45) is 5.92 Å². The number of nitrogens with one attached hydrogen (secondary N) is 2. The van der Waals surface area contributed by atoms with E-state index in [1.165, 1.54) is 32.1 Å². The smallest absolute Gasteiger partial charge is 0.134 e. The van der Waals surface area contributed by atoms with Gasteiger partial charge in [-0.1, -0.05) is 19.3 Å². The van der Waals surface area contributed by atoms with Gasteiger partial charge in [-0.05, 0) is 39.5 Å². The maximum Gasteiger partial charge on any atom is 0.134 e. The number of hydrogen-bond acceptors (Lipinski definition) is 4. The van der Waals surface area contributed by atoms with Crippen LogP contribution >= 0.6 is 0 Å². The normalized spacial score (nSPS) is 18.1. The highest BCUT2D eigenvalue weighted by Crippen LogP contribution is 2.29. The third-order valence-corrected chi connectivity index (χ3v) is 4.22. The molecule has 2 N–H and O–H groups in total. The van der Waals surface area contributed by atoms with Crippen molar-refractivity contribution in [1.29, 1.82) is 0 Å². The number of rotatable bonds is 4. The molecule has 0 aromatic carbocycles. The molecule has 0 amide bonds. The Bertz CT molecular complexity index is 424. The zero-order chi connectivity index (χ0) is 13.8. The summed E-state index contributed by atoms with van der Waals surface area (Å²) >= 11 is 0. The molecule has 1 aliphatic carbocycles. The summed E-state index contributed by atoms with van der Waals surface area (Å²) < 4.78 is 0. The van der Waals surface area contributed by atoms with Gasteiger partial charge in [0.2, 0.25) is 0 Å². The summed E-state index contributed by atoms with van der Waals surface area (Å²) in [4.78, 5) is 8.96. The Kier molecular flexibility index (Phi) is 4.61. The molecule has 2 rings (SSSR count). The minimum atomic E-state index is 0.484. The summed E-state index contributed by atoms with van der Waals surface area (Å²) in [5.41, 5.74) is 1.11. The molecule has 1 atom stereocenters. The predicted octanol–water partition coefficient (Wildman–Crippen LogP) is 3.52. The van der Waals surface area contributed by atoms with Gasteiger partial charge in [-0.15, -0.1) is 0 Å². The second-order valence-electron chi connectivity index (χ2n) is 5.67. The van der Waals surface area contributed by atoms with E-state index < -0.39 is 0 Å². The van der Waals surface area contributed by atoms with Gasteiger partial charge in [0.1, 0.15) is 17.5 Å². The van der Waals surface area contributed by atoms with Crippen molar-refractivity contribution < 1.29 is 0 Å². The molecular formula is C15H26N4. The van der Waals surface area contributed by atoms with Crippen LogP contribution in [0.3, 0.4) is 0 Å². The molecule has 0 aliphatic heterocycles. The van der Waals surface area contributed by atoms with E-state index in [0.29, 0.717) is 6.04 Å². The van der Waals surface area contributed by atoms with Crippen molar-refractivity contribution in [3.8, 4) is 0 Å². The van der Waals surface area contributed by atoms with Crippen molar-refractivity contribution in [2.75, 3.05) is 17.7 Å². The van der Waals surface area contributed by atoms with E-state index in [1.807, 2.05) is 14.0 Å². The van der Waals surface area contributed by atoms with Crippen molar-refractivity contribution in [1.82, 2.24) is 9.97 Å². The fourth-order valence-corrected chi connectivity index (χ4v) is 2.98.